The monoisotopic (exact) mass is 382 g/mol. The molecule has 5 nitrogen and oxygen atoms in total. The Morgan fingerprint density at radius 2 is 2.00 bits per heavy atom. The minimum Gasteiger partial charge on any atom is -0.497 e. The van der Waals surface area contributed by atoms with Crippen molar-refractivity contribution in [2.45, 2.75) is 12.3 Å². The summed E-state index contributed by atoms with van der Waals surface area (Å²) in [5.41, 5.74) is 2.34. The molecule has 28 heavy (non-hydrogen) atoms. The fourth-order valence-corrected chi connectivity index (χ4v) is 3.80. The number of carbonyl (C=O) groups excluding carboxylic acids is 1. The minimum atomic E-state index is -0.391. The van der Waals surface area contributed by atoms with Crippen molar-refractivity contribution >= 4 is 16.8 Å². The van der Waals surface area contributed by atoms with Crippen LogP contribution in [0.3, 0.4) is 0 Å². The normalized spacial score (nSPS) is 15.6. The molecule has 0 bridgehead atoms. The molecule has 1 aliphatic rings. The van der Waals surface area contributed by atoms with E-state index in [1.54, 1.807) is 30.2 Å². The Kier molecular flexibility index (Phi) is 5.30. The number of carbonyl (C=O) groups is 1. The van der Waals surface area contributed by atoms with Gasteiger partial charge in [-0.2, -0.15) is 0 Å². The van der Waals surface area contributed by atoms with Crippen LogP contribution in [0.5, 0.6) is 5.75 Å². The summed E-state index contributed by atoms with van der Waals surface area (Å²) in [6.45, 7) is 2.23. The fraction of sp³-hybridized carbons (Fsp3) is 0.318. The van der Waals surface area contributed by atoms with Crippen LogP contribution in [0.1, 0.15) is 23.5 Å². The van der Waals surface area contributed by atoms with Crippen molar-refractivity contribution in [2.75, 3.05) is 33.4 Å². The molecule has 0 spiro atoms. The third-order valence-corrected chi connectivity index (χ3v) is 5.32. The Bertz CT molecular complexity index is 979. The Labute approximate surface area is 163 Å². The summed E-state index contributed by atoms with van der Waals surface area (Å²) in [5.74, 6) is 0.0332. The highest BCUT2D eigenvalue weighted by molar-refractivity contribution is 5.87. The van der Waals surface area contributed by atoms with Crippen molar-refractivity contribution in [3.05, 3.63) is 65.6 Å². The Balaban J connectivity index is 1.75. The standard InChI is InChI=1S/C22H23FN2O3/c1-27-15-6-7-21-18(12-15)19(14-24-21)17(16-4-2-3-5-20(16)23)13-22(26)25-8-10-28-11-9-25/h2-7,12,14,17,24H,8-11,13H2,1H3/t17-/m0/s1. The number of fused-ring (bicyclic) bond motifs is 1. The van der Waals surface area contributed by atoms with E-state index in [1.807, 2.05) is 24.4 Å². The van der Waals surface area contributed by atoms with Gasteiger partial charge in [0.15, 0.2) is 0 Å². The topological polar surface area (TPSA) is 54.6 Å². The maximum absolute atomic E-state index is 14.7. The number of halogens is 1. The number of methoxy groups -OCH3 is 1. The lowest BCUT2D eigenvalue weighted by Crippen LogP contribution is -2.41. The average molecular weight is 382 g/mol. The van der Waals surface area contributed by atoms with Crippen LogP contribution in [0.2, 0.25) is 0 Å². The van der Waals surface area contributed by atoms with Gasteiger partial charge in [-0.05, 0) is 35.4 Å². The first-order valence-corrected chi connectivity index (χ1v) is 9.42. The Morgan fingerprint density at radius 3 is 2.75 bits per heavy atom. The zero-order valence-electron chi connectivity index (χ0n) is 15.8. The van der Waals surface area contributed by atoms with Crippen LogP contribution in [0.4, 0.5) is 4.39 Å². The highest BCUT2D eigenvalue weighted by atomic mass is 19.1. The minimum absolute atomic E-state index is 0.00815. The Hall–Kier alpha value is -2.86. The van der Waals surface area contributed by atoms with E-state index < -0.39 is 5.92 Å². The van der Waals surface area contributed by atoms with Gasteiger partial charge < -0.3 is 19.4 Å². The second kappa shape index (κ2) is 8.02. The Morgan fingerprint density at radius 1 is 1.21 bits per heavy atom. The largest absolute Gasteiger partial charge is 0.497 e. The lowest BCUT2D eigenvalue weighted by molar-refractivity contribution is -0.135. The summed E-state index contributed by atoms with van der Waals surface area (Å²) >= 11 is 0. The zero-order valence-corrected chi connectivity index (χ0v) is 15.8. The molecular weight excluding hydrogens is 359 g/mol. The van der Waals surface area contributed by atoms with Gasteiger partial charge in [-0.25, -0.2) is 4.39 Å². The number of H-pyrrole nitrogens is 1. The van der Waals surface area contributed by atoms with Gasteiger partial charge in [-0.1, -0.05) is 18.2 Å². The van der Waals surface area contributed by atoms with Gasteiger partial charge in [-0.15, -0.1) is 0 Å². The first-order chi connectivity index (χ1) is 13.7. The molecule has 1 amide bonds. The first kappa shape index (κ1) is 18.5. The number of amides is 1. The molecular formula is C22H23FN2O3. The van der Waals surface area contributed by atoms with Crippen molar-refractivity contribution in [3.63, 3.8) is 0 Å². The van der Waals surface area contributed by atoms with E-state index in [2.05, 4.69) is 4.98 Å². The molecule has 146 valence electrons. The second-order valence-electron chi connectivity index (χ2n) is 6.93. The van der Waals surface area contributed by atoms with Crippen LogP contribution >= 0.6 is 0 Å². The molecule has 2 aromatic carbocycles. The number of hydrogen-bond donors (Lipinski definition) is 1. The molecule has 2 heterocycles. The maximum Gasteiger partial charge on any atom is 0.223 e. The van der Waals surface area contributed by atoms with E-state index in [-0.39, 0.29) is 18.1 Å². The van der Waals surface area contributed by atoms with Crippen molar-refractivity contribution in [3.8, 4) is 5.75 Å². The van der Waals surface area contributed by atoms with Gasteiger partial charge >= 0.3 is 0 Å². The van der Waals surface area contributed by atoms with Gasteiger partial charge in [0.25, 0.3) is 0 Å². The zero-order chi connectivity index (χ0) is 19.5. The molecule has 0 unspecified atom stereocenters. The molecule has 3 aromatic rings. The lowest BCUT2D eigenvalue weighted by Gasteiger charge is -2.28. The summed E-state index contributed by atoms with van der Waals surface area (Å²) < 4.78 is 25.4. The molecule has 0 radical (unpaired) electrons. The van der Waals surface area contributed by atoms with Gasteiger partial charge in [0.05, 0.1) is 20.3 Å². The number of benzene rings is 2. The predicted molar refractivity (Wildman–Crippen MR) is 105 cm³/mol. The number of aromatic nitrogens is 1. The van der Waals surface area contributed by atoms with E-state index in [0.717, 1.165) is 22.2 Å². The number of nitrogens with one attached hydrogen (secondary N) is 1. The molecule has 1 atom stereocenters. The number of aromatic amines is 1. The van der Waals surface area contributed by atoms with Crippen molar-refractivity contribution < 1.29 is 18.7 Å². The molecule has 1 aromatic heterocycles. The van der Waals surface area contributed by atoms with E-state index >= 15 is 0 Å². The van der Waals surface area contributed by atoms with Gasteiger partial charge in [-0.3, -0.25) is 4.79 Å². The van der Waals surface area contributed by atoms with Gasteiger partial charge in [0.1, 0.15) is 11.6 Å². The van der Waals surface area contributed by atoms with Gasteiger partial charge in [0, 0.05) is 42.5 Å². The van der Waals surface area contributed by atoms with Crippen LogP contribution < -0.4 is 4.74 Å². The predicted octanol–water partition coefficient (Wildman–Crippen LogP) is 3.70. The van der Waals surface area contributed by atoms with E-state index in [9.17, 15) is 9.18 Å². The number of hydrogen-bond acceptors (Lipinski definition) is 3. The third kappa shape index (κ3) is 3.60. The van der Waals surface area contributed by atoms with Gasteiger partial charge in [0.2, 0.25) is 5.91 Å². The van der Waals surface area contributed by atoms with Crippen LogP contribution in [0.15, 0.2) is 48.7 Å². The quantitative estimate of drug-likeness (QED) is 0.732. The van der Waals surface area contributed by atoms with Crippen molar-refractivity contribution in [1.29, 1.82) is 0 Å². The van der Waals surface area contributed by atoms with Crippen LogP contribution in [-0.4, -0.2) is 49.2 Å². The number of morpholine rings is 1. The second-order valence-corrected chi connectivity index (χ2v) is 6.93. The average Bonchev–Trinajstić information content (AvgIpc) is 3.16. The summed E-state index contributed by atoms with van der Waals surface area (Å²) in [4.78, 5) is 18.0. The van der Waals surface area contributed by atoms with Crippen LogP contribution in [0.25, 0.3) is 10.9 Å². The SMILES string of the molecule is COc1ccc2[nH]cc([C@@H](CC(=O)N3CCOCC3)c3ccccc3F)c2c1. The van der Waals surface area contributed by atoms with Crippen LogP contribution in [0, 0.1) is 5.82 Å². The molecule has 1 aliphatic heterocycles. The molecule has 0 saturated carbocycles. The molecule has 1 fully saturated rings. The summed E-state index contributed by atoms with van der Waals surface area (Å²) in [6.07, 6.45) is 2.07. The molecule has 6 heteroatoms. The third-order valence-electron chi connectivity index (χ3n) is 5.32. The first-order valence-electron chi connectivity index (χ1n) is 9.42. The smallest absolute Gasteiger partial charge is 0.223 e. The van der Waals surface area contributed by atoms with E-state index in [0.29, 0.717) is 31.9 Å². The van der Waals surface area contributed by atoms with Crippen molar-refractivity contribution in [2.24, 2.45) is 0 Å². The molecule has 1 N–H and O–H groups in total. The lowest BCUT2D eigenvalue weighted by atomic mass is 9.87. The highest BCUT2D eigenvalue weighted by Crippen LogP contribution is 2.36. The van der Waals surface area contributed by atoms with E-state index in [1.165, 1.54) is 6.07 Å². The fourth-order valence-electron chi connectivity index (χ4n) is 3.80. The maximum atomic E-state index is 14.7. The molecule has 1 saturated heterocycles. The summed E-state index contributed by atoms with van der Waals surface area (Å²) in [5, 5.41) is 0.933. The molecule has 4 rings (SSSR count). The molecule has 0 aliphatic carbocycles. The summed E-state index contributed by atoms with van der Waals surface area (Å²) in [7, 11) is 1.61. The number of rotatable bonds is 5. The summed E-state index contributed by atoms with van der Waals surface area (Å²) in [6, 6.07) is 12.4. The number of nitrogens with zero attached hydrogens (tertiary/aromatic N) is 1. The highest BCUT2D eigenvalue weighted by Gasteiger charge is 2.27. The number of ether oxygens (including phenoxy) is 2. The van der Waals surface area contributed by atoms with E-state index in [4.69, 9.17) is 9.47 Å². The van der Waals surface area contributed by atoms with Crippen molar-refractivity contribution in [1.82, 2.24) is 9.88 Å². The van der Waals surface area contributed by atoms with Crippen LogP contribution in [-0.2, 0) is 9.53 Å².